The van der Waals surface area contributed by atoms with Crippen LogP contribution in [0.25, 0.3) is 0 Å². The van der Waals surface area contributed by atoms with Crippen molar-refractivity contribution in [3.05, 3.63) is 96.1 Å². The van der Waals surface area contributed by atoms with Crippen LogP contribution < -0.4 is 10.2 Å². The number of benzene rings is 3. The molecule has 0 radical (unpaired) electrons. The van der Waals surface area contributed by atoms with Gasteiger partial charge in [-0.2, -0.15) is 5.10 Å². The van der Waals surface area contributed by atoms with E-state index in [1.807, 2.05) is 91.9 Å². The van der Waals surface area contributed by atoms with E-state index in [9.17, 15) is 4.79 Å². The Morgan fingerprint density at radius 1 is 0.929 bits per heavy atom. The summed E-state index contributed by atoms with van der Waals surface area (Å²) in [6.07, 6.45) is 0. The third kappa shape index (κ3) is 5.24. The molecule has 3 aromatic rings. The van der Waals surface area contributed by atoms with Crippen LogP contribution in [0.3, 0.4) is 0 Å². The maximum Gasteiger partial charge on any atom is 0.253 e. The number of nitrogens with zero attached hydrogens (tertiary/aromatic N) is 1. The van der Waals surface area contributed by atoms with Crippen molar-refractivity contribution in [3.63, 3.8) is 0 Å². The number of rotatable bonds is 7. The number of carbonyl (C=O) groups excluding carboxylic acids is 1. The van der Waals surface area contributed by atoms with Crippen molar-refractivity contribution in [2.24, 2.45) is 5.10 Å². The van der Waals surface area contributed by atoms with E-state index in [0.717, 1.165) is 27.5 Å². The Labute approximate surface area is 169 Å². The number of thioether (sulfide) groups is 1. The Kier molecular flexibility index (Phi) is 6.87. The third-order valence-electron chi connectivity index (χ3n) is 4.10. The van der Waals surface area contributed by atoms with E-state index in [1.54, 1.807) is 7.11 Å². The summed E-state index contributed by atoms with van der Waals surface area (Å²) < 4.78 is 5.24. The van der Waals surface area contributed by atoms with Gasteiger partial charge < -0.3 is 4.74 Å². The number of hydrazone groups is 1. The molecular weight excluding hydrogens is 368 g/mol. The van der Waals surface area contributed by atoms with E-state index >= 15 is 0 Å². The maximum absolute atomic E-state index is 12.6. The normalized spacial score (nSPS) is 11.4. The van der Waals surface area contributed by atoms with Crippen LogP contribution in [0.2, 0.25) is 0 Å². The first-order valence-electron chi connectivity index (χ1n) is 8.96. The lowest BCUT2D eigenvalue weighted by Gasteiger charge is -2.12. The monoisotopic (exact) mass is 390 g/mol. The molecule has 0 bridgehead atoms. The predicted octanol–water partition coefficient (Wildman–Crippen LogP) is 4.74. The zero-order valence-electron chi connectivity index (χ0n) is 15.8. The molecule has 4 nitrogen and oxygen atoms in total. The van der Waals surface area contributed by atoms with Crippen LogP contribution in [-0.2, 0) is 4.79 Å². The molecule has 1 amide bonds. The number of methoxy groups -OCH3 is 1. The zero-order valence-corrected chi connectivity index (χ0v) is 16.6. The van der Waals surface area contributed by atoms with Crippen LogP contribution in [0.5, 0.6) is 5.75 Å². The molecule has 0 heterocycles. The van der Waals surface area contributed by atoms with E-state index < -0.39 is 0 Å². The fraction of sp³-hybridized carbons (Fsp3) is 0.130. The van der Waals surface area contributed by atoms with Crippen LogP contribution in [-0.4, -0.2) is 24.0 Å². The lowest BCUT2D eigenvalue weighted by atomic mass is 10.0. The van der Waals surface area contributed by atoms with E-state index in [2.05, 4.69) is 10.5 Å². The van der Waals surface area contributed by atoms with Crippen molar-refractivity contribution in [1.82, 2.24) is 5.43 Å². The van der Waals surface area contributed by atoms with Crippen molar-refractivity contribution in [2.75, 3.05) is 7.11 Å². The van der Waals surface area contributed by atoms with Gasteiger partial charge in [-0.05, 0) is 25.1 Å². The van der Waals surface area contributed by atoms with Gasteiger partial charge in [0.2, 0.25) is 0 Å². The first kappa shape index (κ1) is 19.7. The average Bonchev–Trinajstić information content (AvgIpc) is 2.75. The standard InChI is InChI=1S/C23H22N2O2S/c1-17(28-21-15-9-14-20(16-21)27-2)23(26)25-24-22(18-10-5-3-6-11-18)19-12-7-4-8-13-19/h3-17H,1-2H3,(H,25,26)/t17-/m1/s1. The van der Waals surface area contributed by atoms with E-state index in [4.69, 9.17) is 4.74 Å². The van der Waals surface area contributed by atoms with Crippen molar-refractivity contribution in [2.45, 2.75) is 17.1 Å². The SMILES string of the molecule is COc1cccc(S[C@H](C)C(=O)NN=C(c2ccccc2)c2ccccc2)c1. The van der Waals surface area contributed by atoms with Crippen molar-refractivity contribution in [1.29, 1.82) is 0 Å². The Hall–Kier alpha value is -3.05. The molecule has 0 aliphatic heterocycles. The number of hydrogen-bond acceptors (Lipinski definition) is 4. The predicted molar refractivity (Wildman–Crippen MR) is 115 cm³/mol. The number of nitrogens with one attached hydrogen (secondary N) is 1. The van der Waals surface area contributed by atoms with Gasteiger partial charge in [0.15, 0.2) is 0 Å². The molecule has 0 saturated heterocycles. The molecule has 0 unspecified atom stereocenters. The Bertz CT molecular complexity index is 902. The molecule has 142 valence electrons. The fourth-order valence-electron chi connectivity index (χ4n) is 2.62. The summed E-state index contributed by atoms with van der Waals surface area (Å²) in [7, 11) is 1.63. The molecule has 1 atom stereocenters. The van der Waals surface area contributed by atoms with Crippen molar-refractivity contribution < 1.29 is 9.53 Å². The highest BCUT2D eigenvalue weighted by molar-refractivity contribution is 8.00. The second-order valence-corrected chi connectivity index (χ2v) is 7.52. The minimum atomic E-state index is -0.302. The molecule has 5 heteroatoms. The van der Waals surface area contributed by atoms with Gasteiger partial charge in [0, 0.05) is 16.0 Å². The number of carbonyl (C=O) groups is 1. The Morgan fingerprint density at radius 3 is 2.11 bits per heavy atom. The van der Waals surface area contributed by atoms with Crippen LogP contribution >= 0.6 is 11.8 Å². The summed E-state index contributed by atoms with van der Waals surface area (Å²) in [5.74, 6) is 0.614. The van der Waals surface area contributed by atoms with Gasteiger partial charge in [-0.25, -0.2) is 5.43 Å². The molecule has 0 saturated carbocycles. The molecule has 0 aliphatic rings. The zero-order chi connectivity index (χ0) is 19.8. The van der Waals surface area contributed by atoms with Gasteiger partial charge >= 0.3 is 0 Å². The first-order chi connectivity index (χ1) is 13.7. The Balaban J connectivity index is 1.75. The van der Waals surface area contributed by atoms with Crippen LogP contribution in [0.4, 0.5) is 0 Å². The lowest BCUT2D eigenvalue weighted by molar-refractivity contribution is -0.120. The summed E-state index contributed by atoms with van der Waals surface area (Å²) in [6, 6.07) is 27.3. The summed E-state index contributed by atoms with van der Waals surface area (Å²) in [5, 5.41) is 4.14. The minimum Gasteiger partial charge on any atom is -0.497 e. The van der Waals surface area contributed by atoms with Gasteiger partial charge in [0.25, 0.3) is 5.91 Å². The molecule has 0 spiro atoms. The van der Waals surface area contributed by atoms with Gasteiger partial charge in [0.05, 0.1) is 18.1 Å². The van der Waals surface area contributed by atoms with Crippen LogP contribution in [0.1, 0.15) is 18.1 Å². The van der Waals surface area contributed by atoms with Gasteiger partial charge in [-0.3, -0.25) is 4.79 Å². The number of hydrogen-bond donors (Lipinski definition) is 1. The Morgan fingerprint density at radius 2 is 1.54 bits per heavy atom. The first-order valence-corrected chi connectivity index (χ1v) is 9.84. The van der Waals surface area contributed by atoms with Crippen LogP contribution in [0, 0.1) is 0 Å². The number of ether oxygens (including phenoxy) is 1. The maximum atomic E-state index is 12.6. The molecule has 0 fully saturated rings. The largest absolute Gasteiger partial charge is 0.497 e. The summed E-state index contributed by atoms with van der Waals surface area (Å²) in [6.45, 7) is 1.86. The van der Waals surface area contributed by atoms with E-state index in [1.165, 1.54) is 11.8 Å². The summed E-state index contributed by atoms with van der Waals surface area (Å²) in [4.78, 5) is 13.6. The fourth-order valence-corrected chi connectivity index (χ4v) is 3.53. The van der Waals surface area contributed by atoms with Gasteiger partial charge in [0.1, 0.15) is 5.75 Å². The second kappa shape index (κ2) is 9.76. The molecule has 28 heavy (non-hydrogen) atoms. The smallest absolute Gasteiger partial charge is 0.253 e. The van der Waals surface area contributed by atoms with Gasteiger partial charge in [-0.15, -0.1) is 11.8 Å². The second-order valence-electron chi connectivity index (χ2n) is 6.11. The van der Waals surface area contributed by atoms with E-state index in [-0.39, 0.29) is 11.2 Å². The summed E-state index contributed by atoms with van der Waals surface area (Å²) >= 11 is 1.46. The quantitative estimate of drug-likeness (QED) is 0.360. The summed E-state index contributed by atoms with van der Waals surface area (Å²) in [5.41, 5.74) is 5.35. The highest BCUT2D eigenvalue weighted by Gasteiger charge is 2.15. The average molecular weight is 391 g/mol. The molecule has 3 aromatic carbocycles. The minimum absolute atomic E-state index is 0.155. The van der Waals surface area contributed by atoms with Crippen molar-refractivity contribution >= 4 is 23.4 Å². The number of amides is 1. The van der Waals surface area contributed by atoms with Crippen LogP contribution in [0.15, 0.2) is 94.9 Å². The highest BCUT2D eigenvalue weighted by Crippen LogP contribution is 2.26. The molecule has 1 N–H and O–H groups in total. The highest BCUT2D eigenvalue weighted by atomic mass is 32.2. The van der Waals surface area contributed by atoms with Gasteiger partial charge in [-0.1, -0.05) is 66.7 Å². The molecule has 0 aliphatic carbocycles. The topological polar surface area (TPSA) is 50.7 Å². The van der Waals surface area contributed by atoms with Crippen molar-refractivity contribution in [3.8, 4) is 5.75 Å². The lowest BCUT2D eigenvalue weighted by Crippen LogP contribution is -2.28. The molecule has 3 rings (SSSR count). The molecule has 0 aromatic heterocycles. The van der Waals surface area contributed by atoms with E-state index in [0.29, 0.717) is 0 Å². The third-order valence-corrected chi connectivity index (χ3v) is 5.19. The molecular formula is C23H22N2O2S.